The van der Waals surface area contributed by atoms with Crippen LogP contribution < -0.4 is 5.32 Å². The van der Waals surface area contributed by atoms with E-state index in [0.29, 0.717) is 6.54 Å². The molecule has 0 unspecified atom stereocenters. The zero-order valence-corrected chi connectivity index (χ0v) is 11.7. The van der Waals surface area contributed by atoms with Crippen LogP contribution in [0.25, 0.3) is 0 Å². The Morgan fingerprint density at radius 2 is 1.95 bits per heavy atom. The van der Waals surface area contributed by atoms with Crippen LogP contribution in [0.5, 0.6) is 0 Å². The standard InChI is InChI=1S/C13H13BrN2O3/c14-13-6-5-12(19-13)9-15-8-7-10-1-3-11(4-2-10)16(17)18/h1-6,15H,7-9H2. The summed E-state index contributed by atoms with van der Waals surface area (Å²) in [7, 11) is 0. The second kappa shape index (κ2) is 6.49. The molecule has 100 valence electrons. The second-order valence-corrected chi connectivity index (χ2v) is 4.84. The molecule has 1 aromatic heterocycles. The molecule has 0 fully saturated rings. The predicted octanol–water partition coefficient (Wildman–Crippen LogP) is 3.28. The lowest BCUT2D eigenvalue weighted by Crippen LogP contribution is -2.16. The summed E-state index contributed by atoms with van der Waals surface area (Å²) in [5, 5.41) is 13.8. The van der Waals surface area contributed by atoms with Crippen LogP contribution in [0.2, 0.25) is 0 Å². The minimum Gasteiger partial charge on any atom is -0.453 e. The van der Waals surface area contributed by atoms with Gasteiger partial charge < -0.3 is 9.73 Å². The summed E-state index contributed by atoms with van der Waals surface area (Å²) in [6, 6.07) is 10.4. The van der Waals surface area contributed by atoms with Crippen molar-refractivity contribution in [3.05, 3.63) is 62.5 Å². The van der Waals surface area contributed by atoms with Gasteiger partial charge in [-0.05, 0) is 46.6 Å². The van der Waals surface area contributed by atoms with Crippen LogP contribution in [0.3, 0.4) is 0 Å². The number of halogens is 1. The van der Waals surface area contributed by atoms with E-state index in [0.717, 1.165) is 29.0 Å². The Labute approximate surface area is 118 Å². The van der Waals surface area contributed by atoms with Crippen molar-refractivity contribution in [2.45, 2.75) is 13.0 Å². The topological polar surface area (TPSA) is 68.3 Å². The van der Waals surface area contributed by atoms with Gasteiger partial charge in [-0.15, -0.1) is 0 Å². The molecule has 0 radical (unpaired) electrons. The monoisotopic (exact) mass is 324 g/mol. The van der Waals surface area contributed by atoms with E-state index in [4.69, 9.17) is 4.42 Å². The Bertz CT molecular complexity index is 551. The molecule has 2 rings (SSSR count). The lowest BCUT2D eigenvalue weighted by atomic mass is 10.1. The Morgan fingerprint density at radius 1 is 1.21 bits per heavy atom. The largest absolute Gasteiger partial charge is 0.453 e. The van der Waals surface area contributed by atoms with Gasteiger partial charge in [0.2, 0.25) is 0 Å². The molecule has 0 aliphatic heterocycles. The molecular weight excluding hydrogens is 312 g/mol. The van der Waals surface area contributed by atoms with Gasteiger partial charge in [0.05, 0.1) is 11.5 Å². The van der Waals surface area contributed by atoms with Gasteiger partial charge >= 0.3 is 0 Å². The Balaban J connectivity index is 1.75. The summed E-state index contributed by atoms with van der Waals surface area (Å²) < 4.78 is 6.08. The molecule has 2 aromatic rings. The molecule has 1 N–H and O–H groups in total. The minimum absolute atomic E-state index is 0.122. The van der Waals surface area contributed by atoms with Crippen molar-refractivity contribution in [2.24, 2.45) is 0 Å². The molecule has 1 heterocycles. The molecule has 0 atom stereocenters. The summed E-state index contributed by atoms with van der Waals surface area (Å²) in [4.78, 5) is 10.1. The van der Waals surface area contributed by atoms with Crippen LogP contribution >= 0.6 is 15.9 Å². The number of furan rings is 1. The van der Waals surface area contributed by atoms with Gasteiger partial charge in [-0.1, -0.05) is 12.1 Å². The average Bonchev–Trinajstić information content (AvgIpc) is 2.81. The van der Waals surface area contributed by atoms with E-state index >= 15 is 0 Å². The lowest BCUT2D eigenvalue weighted by molar-refractivity contribution is -0.384. The van der Waals surface area contributed by atoms with E-state index in [2.05, 4.69) is 21.2 Å². The number of hydrogen-bond acceptors (Lipinski definition) is 4. The Hall–Kier alpha value is -1.66. The SMILES string of the molecule is O=[N+]([O-])c1ccc(CCNCc2ccc(Br)o2)cc1. The molecule has 0 amide bonds. The van der Waals surface area contributed by atoms with Gasteiger partial charge in [0.25, 0.3) is 5.69 Å². The van der Waals surface area contributed by atoms with Crippen LogP contribution in [-0.2, 0) is 13.0 Å². The normalized spacial score (nSPS) is 10.6. The highest BCUT2D eigenvalue weighted by atomic mass is 79.9. The fourth-order valence-electron chi connectivity index (χ4n) is 1.68. The number of nitro groups is 1. The van der Waals surface area contributed by atoms with Crippen molar-refractivity contribution < 1.29 is 9.34 Å². The quantitative estimate of drug-likeness (QED) is 0.503. The highest BCUT2D eigenvalue weighted by Crippen LogP contribution is 2.14. The zero-order chi connectivity index (χ0) is 13.7. The van der Waals surface area contributed by atoms with Crippen molar-refractivity contribution in [3.8, 4) is 0 Å². The lowest BCUT2D eigenvalue weighted by Gasteiger charge is -2.03. The molecule has 1 aromatic carbocycles. The molecule has 0 aliphatic rings. The van der Waals surface area contributed by atoms with E-state index in [1.165, 1.54) is 12.1 Å². The van der Waals surface area contributed by atoms with Crippen LogP contribution in [0.1, 0.15) is 11.3 Å². The second-order valence-electron chi connectivity index (χ2n) is 4.06. The summed E-state index contributed by atoms with van der Waals surface area (Å²) in [5.74, 6) is 0.871. The first kappa shape index (κ1) is 13.8. The zero-order valence-electron chi connectivity index (χ0n) is 10.1. The molecule has 0 saturated carbocycles. The molecule has 6 heteroatoms. The predicted molar refractivity (Wildman–Crippen MR) is 74.9 cm³/mol. The molecule has 0 aliphatic carbocycles. The summed E-state index contributed by atoms with van der Waals surface area (Å²) >= 11 is 3.25. The Kier molecular flexibility index (Phi) is 4.70. The van der Waals surface area contributed by atoms with Crippen molar-refractivity contribution in [3.63, 3.8) is 0 Å². The average molecular weight is 325 g/mol. The molecule has 0 spiro atoms. The maximum absolute atomic E-state index is 10.5. The highest BCUT2D eigenvalue weighted by Gasteiger charge is 2.03. The van der Waals surface area contributed by atoms with Gasteiger partial charge in [0.15, 0.2) is 4.67 Å². The summed E-state index contributed by atoms with van der Waals surface area (Å²) in [6.07, 6.45) is 0.819. The number of non-ortho nitro benzene ring substituents is 1. The van der Waals surface area contributed by atoms with Crippen LogP contribution in [-0.4, -0.2) is 11.5 Å². The fourth-order valence-corrected chi connectivity index (χ4v) is 2.02. The van der Waals surface area contributed by atoms with Crippen LogP contribution in [0.4, 0.5) is 5.69 Å². The van der Waals surface area contributed by atoms with Crippen LogP contribution in [0.15, 0.2) is 45.5 Å². The maximum Gasteiger partial charge on any atom is 0.269 e. The summed E-state index contributed by atoms with van der Waals surface area (Å²) in [5.41, 5.74) is 1.19. The Morgan fingerprint density at radius 3 is 2.53 bits per heavy atom. The van der Waals surface area contributed by atoms with E-state index in [9.17, 15) is 10.1 Å². The van der Waals surface area contributed by atoms with E-state index in [1.807, 2.05) is 12.1 Å². The van der Waals surface area contributed by atoms with E-state index in [-0.39, 0.29) is 5.69 Å². The maximum atomic E-state index is 10.5. The number of rotatable bonds is 6. The van der Waals surface area contributed by atoms with Gasteiger partial charge in [-0.25, -0.2) is 0 Å². The third-order valence-electron chi connectivity index (χ3n) is 2.67. The molecular formula is C13H13BrN2O3. The van der Waals surface area contributed by atoms with Crippen LogP contribution in [0, 0.1) is 10.1 Å². The number of nitrogens with one attached hydrogen (secondary N) is 1. The third kappa shape index (κ3) is 4.18. The molecule has 19 heavy (non-hydrogen) atoms. The first-order valence-corrected chi connectivity index (χ1v) is 6.63. The van der Waals surface area contributed by atoms with Crippen molar-refractivity contribution in [2.75, 3.05) is 6.54 Å². The highest BCUT2D eigenvalue weighted by molar-refractivity contribution is 9.10. The van der Waals surface area contributed by atoms with Crippen molar-refractivity contribution in [1.29, 1.82) is 0 Å². The number of nitrogens with zero attached hydrogens (tertiary/aromatic N) is 1. The van der Waals surface area contributed by atoms with Gasteiger partial charge in [-0.2, -0.15) is 0 Å². The molecule has 5 nitrogen and oxygen atoms in total. The van der Waals surface area contributed by atoms with E-state index < -0.39 is 4.92 Å². The number of nitro benzene ring substituents is 1. The number of hydrogen-bond donors (Lipinski definition) is 1. The molecule has 0 bridgehead atoms. The number of benzene rings is 1. The summed E-state index contributed by atoms with van der Waals surface area (Å²) in [6.45, 7) is 1.45. The van der Waals surface area contributed by atoms with E-state index in [1.54, 1.807) is 12.1 Å². The van der Waals surface area contributed by atoms with Gasteiger partial charge in [0.1, 0.15) is 5.76 Å². The van der Waals surface area contributed by atoms with Gasteiger partial charge in [0, 0.05) is 12.1 Å². The van der Waals surface area contributed by atoms with Crippen molar-refractivity contribution in [1.82, 2.24) is 5.32 Å². The van der Waals surface area contributed by atoms with Gasteiger partial charge in [-0.3, -0.25) is 10.1 Å². The smallest absolute Gasteiger partial charge is 0.269 e. The minimum atomic E-state index is -0.392. The fraction of sp³-hybridized carbons (Fsp3) is 0.231. The third-order valence-corrected chi connectivity index (χ3v) is 3.09. The first-order valence-electron chi connectivity index (χ1n) is 5.83. The van der Waals surface area contributed by atoms with Crippen molar-refractivity contribution >= 4 is 21.6 Å². The molecule has 0 saturated heterocycles. The first-order chi connectivity index (χ1) is 9.15.